The van der Waals surface area contributed by atoms with Crippen LogP contribution < -0.4 is 11.1 Å². The molecule has 1 aliphatic rings. The Bertz CT molecular complexity index is 461. The second-order valence-corrected chi connectivity index (χ2v) is 4.96. The van der Waals surface area contributed by atoms with E-state index in [0.29, 0.717) is 12.0 Å². The molecule has 1 aromatic rings. The number of amides is 1. The molecule has 4 N–H and O–H groups in total. The first-order valence-electron chi connectivity index (χ1n) is 6.41. The summed E-state index contributed by atoms with van der Waals surface area (Å²) in [5.41, 5.74) is 6.34. The van der Waals surface area contributed by atoms with Gasteiger partial charge in [0.1, 0.15) is 0 Å². The zero-order valence-corrected chi connectivity index (χ0v) is 10.6. The van der Waals surface area contributed by atoms with Gasteiger partial charge in [0.2, 0.25) is 5.91 Å². The lowest BCUT2D eigenvalue weighted by Crippen LogP contribution is -2.37. The molecule has 0 aliphatic heterocycles. The molecule has 1 aromatic carbocycles. The van der Waals surface area contributed by atoms with Gasteiger partial charge in [0, 0.05) is 12.0 Å². The van der Waals surface area contributed by atoms with Gasteiger partial charge >= 0.3 is 5.97 Å². The molecule has 1 fully saturated rings. The number of hydrogen-bond donors (Lipinski definition) is 3. The van der Waals surface area contributed by atoms with Crippen molar-refractivity contribution in [3.8, 4) is 0 Å². The minimum Gasteiger partial charge on any atom is -0.479 e. The molecular formula is C14H18N2O3. The first-order valence-corrected chi connectivity index (χ1v) is 6.41. The number of carboxylic acids is 1. The zero-order valence-electron chi connectivity index (χ0n) is 10.6. The maximum atomic E-state index is 12.0. The summed E-state index contributed by atoms with van der Waals surface area (Å²) in [5, 5.41) is 11.8. The van der Waals surface area contributed by atoms with Crippen LogP contribution >= 0.6 is 0 Å². The molecule has 3 atom stereocenters. The van der Waals surface area contributed by atoms with Crippen LogP contribution in [-0.2, 0) is 9.59 Å². The number of rotatable bonds is 4. The predicted octanol–water partition coefficient (Wildman–Crippen LogP) is 1.06. The Hall–Kier alpha value is -1.88. The fourth-order valence-electron chi connectivity index (χ4n) is 2.45. The highest BCUT2D eigenvalue weighted by Crippen LogP contribution is 2.25. The van der Waals surface area contributed by atoms with E-state index in [0.717, 1.165) is 12.8 Å². The molecule has 5 nitrogen and oxygen atoms in total. The highest BCUT2D eigenvalue weighted by molar-refractivity contribution is 5.86. The number of carboxylic acid groups (broad SMARTS) is 1. The summed E-state index contributed by atoms with van der Waals surface area (Å²) in [6.07, 6.45) is 2.18. The van der Waals surface area contributed by atoms with Crippen molar-refractivity contribution >= 4 is 11.9 Å². The maximum Gasteiger partial charge on any atom is 0.330 e. The minimum atomic E-state index is -1.05. The number of benzene rings is 1. The molecule has 0 bridgehead atoms. The monoisotopic (exact) mass is 262 g/mol. The van der Waals surface area contributed by atoms with Crippen molar-refractivity contribution in [1.29, 1.82) is 0 Å². The highest BCUT2D eigenvalue weighted by atomic mass is 16.4. The molecule has 102 valence electrons. The van der Waals surface area contributed by atoms with Crippen LogP contribution in [-0.4, -0.2) is 23.0 Å². The number of carbonyl (C=O) groups excluding carboxylic acids is 1. The van der Waals surface area contributed by atoms with Crippen molar-refractivity contribution in [2.45, 2.75) is 31.3 Å². The Morgan fingerprint density at radius 3 is 2.47 bits per heavy atom. The molecule has 0 aromatic heterocycles. The van der Waals surface area contributed by atoms with E-state index in [2.05, 4.69) is 5.32 Å². The molecule has 1 saturated carbocycles. The first kappa shape index (κ1) is 13.5. The first-order chi connectivity index (χ1) is 9.08. The molecule has 1 amide bonds. The number of nitrogens with one attached hydrogen (secondary N) is 1. The van der Waals surface area contributed by atoms with Crippen LogP contribution in [0.15, 0.2) is 30.3 Å². The van der Waals surface area contributed by atoms with E-state index in [-0.39, 0.29) is 17.9 Å². The molecule has 2 unspecified atom stereocenters. The molecule has 0 spiro atoms. The second-order valence-electron chi connectivity index (χ2n) is 4.96. The Labute approximate surface area is 111 Å². The number of aliphatic carboxylic acids is 1. The van der Waals surface area contributed by atoms with Crippen LogP contribution in [0.2, 0.25) is 0 Å². The van der Waals surface area contributed by atoms with E-state index < -0.39 is 12.0 Å². The molecule has 19 heavy (non-hydrogen) atoms. The summed E-state index contributed by atoms with van der Waals surface area (Å²) >= 11 is 0. The van der Waals surface area contributed by atoms with E-state index in [1.807, 2.05) is 0 Å². The van der Waals surface area contributed by atoms with Gasteiger partial charge in [-0.25, -0.2) is 4.79 Å². The summed E-state index contributed by atoms with van der Waals surface area (Å²) in [7, 11) is 0. The zero-order chi connectivity index (χ0) is 13.8. The van der Waals surface area contributed by atoms with Crippen molar-refractivity contribution in [3.63, 3.8) is 0 Å². The molecule has 0 heterocycles. The highest BCUT2D eigenvalue weighted by Gasteiger charge is 2.31. The lowest BCUT2D eigenvalue weighted by molar-refractivity contribution is -0.142. The van der Waals surface area contributed by atoms with Crippen LogP contribution in [0.3, 0.4) is 0 Å². The normalized spacial score (nSPS) is 23.8. The van der Waals surface area contributed by atoms with Crippen LogP contribution in [0.1, 0.15) is 30.9 Å². The summed E-state index contributed by atoms with van der Waals surface area (Å²) in [5.74, 6) is -1.44. The number of hydrogen-bond acceptors (Lipinski definition) is 3. The quantitative estimate of drug-likeness (QED) is 0.756. The van der Waals surface area contributed by atoms with Gasteiger partial charge in [0.05, 0.1) is 0 Å². The largest absolute Gasteiger partial charge is 0.479 e. The maximum absolute atomic E-state index is 12.0. The SMILES string of the molecule is NC1CCC(C(=O)N[C@@H](C(=O)O)c2ccccc2)C1. The van der Waals surface area contributed by atoms with Crippen LogP contribution in [0, 0.1) is 5.92 Å². The van der Waals surface area contributed by atoms with Crippen molar-refractivity contribution in [1.82, 2.24) is 5.32 Å². The molecular weight excluding hydrogens is 244 g/mol. The van der Waals surface area contributed by atoms with E-state index in [9.17, 15) is 14.7 Å². The molecule has 2 rings (SSSR count). The van der Waals surface area contributed by atoms with Gasteiger partial charge in [0.15, 0.2) is 6.04 Å². The summed E-state index contributed by atoms with van der Waals surface area (Å²) in [6, 6.07) is 7.76. The van der Waals surface area contributed by atoms with Gasteiger partial charge < -0.3 is 16.2 Å². The van der Waals surface area contributed by atoms with Gasteiger partial charge in [-0.15, -0.1) is 0 Å². The molecule has 5 heteroatoms. The van der Waals surface area contributed by atoms with E-state index in [4.69, 9.17) is 5.73 Å². The second kappa shape index (κ2) is 5.84. The average Bonchev–Trinajstić information content (AvgIpc) is 2.83. The number of nitrogens with two attached hydrogens (primary N) is 1. The molecule has 1 aliphatic carbocycles. The lowest BCUT2D eigenvalue weighted by atomic mass is 10.0. The Morgan fingerprint density at radius 2 is 1.95 bits per heavy atom. The predicted molar refractivity (Wildman–Crippen MR) is 70.3 cm³/mol. The third-order valence-corrected chi connectivity index (χ3v) is 3.51. The fraction of sp³-hybridized carbons (Fsp3) is 0.429. The standard InChI is InChI=1S/C14H18N2O3/c15-11-7-6-10(8-11)13(17)16-12(14(18)19)9-4-2-1-3-5-9/h1-5,10-12H,6-8,15H2,(H,16,17)(H,18,19)/t10?,11?,12-/m1/s1. The van der Waals surface area contributed by atoms with Crippen LogP contribution in [0.5, 0.6) is 0 Å². The van der Waals surface area contributed by atoms with Crippen molar-refractivity contribution in [2.75, 3.05) is 0 Å². The van der Waals surface area contributed by atoms with Gasteiger partial charge in [-0.2, -0.15) is 0 Å². The Morgan fingerprint density at radius 1 is 1.26 bits per heavy atom. The van der Waals surface area contributed by atoms with Gasteiger partial charge in [0.25, 0.3) is 0 Å². The third-order valence-electron chi connectivity index (χ3n) is 3.51. The molecule has 0 radical (unpaired) electrons. The summed E-state index contributed by atoms with van der Waals surface area (Å²) < 4.78 is 0. The number of carbonyl (C=O) groups is 2. The van der Waals surface area contributed by atoms with Crippen molar-refractivity contribution < 1.29 is 14.7 Å². The topological polar surface area (TPSA) is 92.4 Å². The fourth-order valence-corrected chi connectivity index (χ4v) is 2.45. The average molecular weight is 262 g/mol. The summed E-state index contributed by atoms with van der Waals surface area (Å²) in [4.78, 5) is 23.3. The van der Waals surface area contributed by atoms with Crippen molar-refractivity contribution in [3.05, 3.63) is 35.9 Å². The molecule has 0 saturated heterocycles. The van der Waals surface area contributed by atoms with Gasteiger partial charge in [-0.1, -0.05) is 30.3 Å². The van der Waals surface area contributed by atoms with Gasteiger partial charge in [-0.05, 0) is 24.8 Å². The lowest BCUT2D eigenvalue weighted by Gasteiger charge is -2.17. The van der Waals surface area contributed by atoms with E-state index in [1.165, 1.54) is 0 Å². The Balaban J connectivity index is 2.05. The van der Waals surface area contributed by atoms with Crippen LogP contribution in [0.25, 0.3) is 0 Å². The third kappa shape index (κ3) is 3.32. The minimum absolute atomic E-state index is 0.0516. The van der Waals surface area contributed by atoms with Crippen LogP contribution in [0.4, 0.5) is 0 Å². The summed E-state index contributed by atoms with van der Waals surface area (Å²) in [6.45, 7) is 0. The van der Waals surface area contributed by atoms with Crippen molar-refractivity contribution in [2.24, 2.45) is 11.7 Å². The van der Waals surface area contributed by atoms with E-state index in [1.54, 1.807) is 30.3 Å². The van der Waals surface area contributed by atoms with Gasteiger partial charge in [-0.3, -0.25) is 4.79 Å². The smallest absolute Gasteiger partial charge is 0.330 e. The Kier molecular flexibility index (Phi) is 4.16. The van der Waals surface area contributed by atoms with E-state index >= 15 is 0 Å².